The normalized spacial score (nSPS) is 16.0. The lowest BCUT2D eigenvalue weighted by Crippen LogP contribution is -2.49. The molecule has 0 radical (unpaired) electrons. The minimum atomic E-state index is 0.0126. The van der Waals surface area contributed by atoms with Crippen LogP contribution in [0.25, 0.3) is 0 Å². The highest BCUT2D eigenvalue weighted by Gasteiger charge is 2.22. The monoisotopic (exact) mass is 395 g/mol. The fourth-order valence-electron chi connectivity index (χ4n) is 3.59. The predicted octanol–water partition coefficient (Wildman–Crippen LogP) is 2.37. The lowest BCUT2D eigenvalue weighted by atomic mass is 10.1. The second-order valence-electron chi connectivity index (χ2n) is 7.34. The highest BCUT2D eigenvalue weighted by atomic mass is 16.7. The Balaban J connectivity index is 1.24. The smallest absolute Gasteiger partial charge is 0.241 e. The van der Waals surface area contributed by atoms with E-state index in [4.69, 9.17) is 9.47 Å². The van der Waals surface area contributed by atoms with Crippen LogP contribution in [0.3, 0.4) is 0 Å². The van der Waals surface area contributed by atoms with Crippen molar-refractivity contribution in [2.75, 3.05) is 44.8 Å². The van der Waals surface area contributed by atoms with Crippen molar-refractivity contribution in [3.8, 4) is 11.5 Å². The van der Waals surface area contributed by atoms with Crippen molar-refractivity contribution in [1.82, 2.24) is 9.80 Å². The quantitative estimate of drug-likeness (QED) is 0.758. The van der Waals surface area contributed by atoms with E-state index in [1.807, 2.05) is 29.2 Å². The van der Waals surface area contributed by atoms with Gasteiger partial charge in [0.2, 0.25) is 12.7 Å². The van der Waals surface area contributed by atoms with Crippen LogP contribution >= 0.6 is 0 Å². The Kier molecular flexibility index (Phi) is 5.67. The standard InChI is InChI=1S/C22H25N3O4/c1-16(26)18-3-2-4-19(12-18)23-13-22(27)25-9-7-24(8-10-25)14-17-5-6-20-21(11-17)29-15-28-20/h2-6,11-12,23H,7-10,13-15H2,1H3. The summed E-state index contributed by atoms with van der Waals surface area (Å²) in [6.45, 7) is 5.95. The fourth-order valence-corrected chi connectivity index (χ4v) is 3.59. The molecule has 0 aliphatic carbocycles. The summed E-state index contributed by atoms with van der Waals surface area (Å²) in [5, 5.41) is 3.13. The average molecular weight is 395 g/mol. The molecule has 7 heteroatoms. The van der Waals surface area contributed by atoms with Crippen LogP contribution in [0.2, 0.25) is 0 Å². The highest BCUT2D eigenvalue weighted by molar-refractivity contribution is 5.95. The van der Waals surface area contributed by atoms with Crippen molar-refractivity contribution in [3.05, 3.63) is 53.6 Å². The number of nitrogens with one attached hydrogen (secondary N) is 1. The van der Waals surface area contributed by atoms with Gasteiger partial charge < -0.3 is 19.7 Å². The van der Waals surface area contributed by atoms with E-state index in [0.717, 1.165) is 36.8 Å². The van der Waals surface area contributed by atoms with Crippen LogP contribution in [-0.2, 0) is 11.3 Å². The molecule has 2 aliphatic heterocycles. The number of fused-ring (bicyclic) bond motifs is 1. The Morgan fingerprint density at radius 3 is 2.59 bits per heavy atom. The van der Waals surface area contributed by atoms with E-state index < -0.39 is 0 Å². The summed E-state index contributed by atoms with van der Waals surface area (Å²) in [5.74, 6) is 1.68. The first kappa shape index (κ1) is 19.3. The van der Waals surface area contributed by atoms with Gasteiger partial charge in [-0.2, -0.15) is 0 Å². The molecule has 1 fully saturated rings. The molecule has 0 unspecified atom stereocenters. The van der Waals surface area contributed by atoms with Crippen LogP contribution in [-0.4, -0.2) is 61.0 Å². The second-order valence-corrected chi connectivity index (χ2v) is 7.34. The van der Waals surface area contributed by atoms with Gasteiger partial charge in [-0.3, -0.25) is 14.5 Å². The van der Waals surface area contributed by atoms with Crippen LogP contribution in [0.15, 0.2) is 42.5 Å². The minimum absolute atomic E-state index is 0.0126. The van der Waals surface area contributed by atoms with E-state index in [1.54, 1.807) is 12.1 Å². The predicted molar refractivity (Wildman–Crippen MR) is 109 cm³/mol. The number of benzene rings is 2. The Hall–Kier alpha value is -3.06. The molecular formula is C22H25N3O4. The molecule has 4 rings (SSSR count). The van der Waals surface area contributed by atoms with Crippen LogP contribution in [0, 0.1) is 0 Å². The SMILES string of the molecule is CC(=O)c1cccc(NCC(=O)N2CCN(Cc3ccc4c(c3)OCO4)CC2)c1. The maximum absolute atomic E-state index is 12.5. The molecule has 2 aliphatic rings. The number of hydrogen-bond acceptors (Lipinski definition) is 6. The van der Waals surface area contributed by atoms with E-state index in [9.17, 15) is 9.59 Å². The van der Waals surface area contributed by atoms with Gasteiger partial charge in [0.15, 0.2) is 17.3 Å². The van der Waals surface area contributed by atoms with Crippen molar-refractivity contribution >= 4 is 17.4 Å². The van der Waals surface area contributed by atoms with Gasteiger partial charge in [0.05, 0.1) is 6.54 Å². The van der Waals surface area contributed by atoms with Crippen LogP contribution in [0.5, 0.6) is 11.5 Å². The number of ether oxygens (including phenoxy) is 2. The lowest BCUT2D eigenvalue weighted by Gasteiger charge is -2.35. The van der Waals surface area contributed by atoms with Gasteiger partial charge in [0, 0.05) is 44.0 Å². The summed E-state index contributed by atoms with van der Waals surface area (Å²) in [6.07, 6.45) is 0. The van der Waals surface area contributed by atoms with Crippen LogP contribution in [0.1, 0.15) is 22.8 Å². The van der Waals surface area contributed by atoms with E-state index in [-0.39, 0.29) is 25.0 Å². The molecule has 29 heavy (non-hydrogen) atoms. The molecule has 0 bridgehead atoms. The van der Waals surface area contributed by atoms with Gasteiger partial charge >= 0.3 is 0 Å². The van der Waals surface area contributed by atoms with Crippen molar-refractivity contribution in [3.63, 3.8) is 0 Å². The topological polar surface area (TPSA) is 71.1 Å². The number of nitrogens with zero attached hydrogens (tertiary/aromatic N) is 2. The molecule has 2 aromatic carbocycles. The number of piperazine rings is 1. The largest absolute Gasteiger partial charge is 0.454 e. The molecule has 152 valence electrons. The zero-order valence-corrected chi connectivity index (χ0v) is 16.5. The number of rotatable bonds is 6. The average Bonchev–Trinajstić information content (AvgIpc) is 3.20. The third kappa shape index (κ3) is 4.68. The first-order valence-corrected chi connectivity index (χ1v) is 9.82. The zero-order chi connectivity index (χ0) is 20.2. The number of ketones is 1. The van der Waals surface area contributed by atoms with Crippen molar-refractivity contribution < 1.29 is 19.1 Å². The molecular weight excluding hydrogens is 370 g/mol. The Morgan fingerprint density at radius 2 is 1.79 bits per heavy atom. The van der Waals surface area contributed by atoms with Gasteiger partial charge in [-0.05, 0) is 36.8 Å². The maximum atomic E-state index is 12.5. The van der Waals surface area contributed by atoms with E-state index in [2.05, 4.69) is 16.3 Å². The molecule has 2 heterocycles. The van der Waals surface area contributed by atoms with E-state index >= 15 is 0 Å². The summed E-state index contributed by atoms with van der Waals surface area (Å²) < 4.78 is 10.8. The van der Waals surface area contributed by atoms with E-state index in [0.29, 0.717) is 18.7 Å². The number of Topliss-reactive ketones (excluding diaryl/α,β-unsaturated/α-hetero) is 1. The first-order chi connectivity index (χ1) is 14.1. The number of carbonyl (C=O) groups is 2. The summed E-state index contributed by atoms with van der Waals surface area (Å²) in [4.78, 5) is 28.2. The number of carbonyl (C=O) groups excluding carboxylic acids is 2. The first-order valence-electron chi connectivity index (χ1n) is 9.82. The molecule has 1 saturated heterocycles. The summed E-state index contributed by atoms with van der Waals surface area (Å²) in [5.41, 5.74) is 2.60. The molecule has 0 spiro atoms. The van der Waals surface area contributed by atoms with Crippen LogP contribution < -0.4 is 14.8 Å². The molecule has 0 atom stereocenters. The summed E-state index contributed by atoms with van der Waals surface area (Å²) >= 11 is 0. The third-order valence-corrected chi connectivity index (χ3v) is 5.28. The highest BCUT2D eigenvalue weighted by Crippen LogP contribution is 2.32. The third-order valence-electron chi connectivity index (χ3n) is 5.28. The van der Waals surface area contributed by atoms with Crippen LogP contribution in [0.4, 0.5) is 5.69 Å². The van der Waals surface area contributed by atoms with Crippen molar-refractivity contribution in [2.45, 2.75) is 13.5 Å². The lowest BCUT2D eigenvalue weighted by molar-refractivity contribution is -0.131. The molecule has 7 nitrogen and oxygen atoms in total. The zero-order valence-electron chi connectivity index (χ0n) is 16.5. The Morgan fingerprint density at radius 1 is 1.00 bits per heavy atom. The second kappa shape index (κ2) is 8.53. The minimum Gasteiger partial charge on any atom is -0.454 e. The van der Waals surface area contributed by atoms with Crippen molar-refractivity contribution in [2.24, 2.45) is 0 Å². The molecule has 2 aromatic rings. The molecule has 1 amide bonds. The Labute approximate surface area is 170 Å². The summed E-state index contributed by atoms with van der Waals surface area (Å²) in [7, 11) is 0. The van der Waals surface area contributed by atoms with Gasteiger partial charge in [0.1, 0.15) is 0 Å². The fraction of sp³-hybridized carbons (Fsp3) is 0.364. The number of amides is 1. The van der Waals surface area contributed by atoms with Gasteiger partial charge in [-0.1, -0.05) is 18.2 Å². The molecule has 0 aromatic heterocycles. The van der Waals surface area contributed by atoms with Crippen molar-refractivity contribution in [1.29, 1.82) is 0 Å². The molecule has 1 N–H and O–H groups in total. The number of hydrogen-bond donors (Lipinski definition) is 1. The van der Waals surface area contributed by atoms with Gasteiger partial charge in [0.25, 0.3) is 0 Å². The molecule has 0 saturated carbocycles. The van der Waals surface area contributed by atoms with Gasteiger partial charge in [-0.25, -0.2) is 0 Å². The van der Waals surface area contributed by atoms with Gasteiger partial charge in [-0.15, -0.1) is 0 Å². The van der Waals surface area contributed by atoms with E-state index in [1.165, 1.54) is 12.5 Å². The number of anilines is 1. The summed E-state index contributed by atoms with van der Waals surface area (Å²) in [6, 6.07) is 13.3. The maximum Gasteiger partial charge on any atom is 0.241 e. The Bertz CT molecular complexity index is 907.